The van der Waals surface area contributed by atoms with Gasteiger partial charge in [-0.15, -0.1) is 0 Å². The SMILES string of the molecule is Cc1ccc(F)c(N2CCC(NC(C)C)C2)c1F. The second-order valence-corrected chi connectivity index (χ2v) is 5.28. The molecule has 1 aliphatic rings. The minimum atomic E-state index is -0.469. The van der Waals surface area contributed by atoms with Crippen molar-refractivity contribution in [1.29, 1.82) is 0 Å². The number of hydrogen-bond donors (Lipinski definition) is 1. The maximum absolute atomic E-state index is 14.0. The van der Waals surface area contributed by atoms with Gasteiger partial charge in [-0.1, -0.05) is 19.9 Å². The van der Waals surface area contributed by atoms with Gasteiger partial charge >= 0.3 is 0 Å². The summed E-state index contributed by atoms with van der Waals surface area (Å²) in [6.07, 6.45) is 0.922. The first-order valence-corrected chi connectivity index (χ1v) is 6.44. The van der Waals surface area contributed by atoms with Crippen molar-refractivity contribution in [1.82, 2.24) is 5.32 Å². The van der Waals surface area contributed by atoms with E-state index in [4.69, 9.17) is 0 Å². The molecule has 1 N–H and O–H groups in total. The van der Waals surface area contributed by atoms with Gasteiger partial charge in [0.2, 0.25) is 0 Å². The summed E-state index contributed by atoms with van der Waals surface area (Å²) in [6.45, 7) is 7.18. The van der Waals surface area contributed by atoms with Crippen molar-refractivity contribution in [2.24, 2.45) is 0 Å². The Morgan fingerprint density at radius 1 is 1.33 bits per heavy atom. The molecule has 2 rings (SSSR count). The summed E-state index contributed by atoms with van der Waals surface area (Å²) in [6, 6.07) is 3.52. The third-order valence-corrected chi connectivity index (χ3v) is 3.33. The minimum absolute atomic E-state index is 0.128. The van der Waals surface area contributed by atoms with Gasteiger partial charge < -0.3 is 10.2 Å². The van der Waals surface area contributed by atoms with Crippen molar-refractivity contribution in [2.75, 3.05) is 18.0 Å². The highest BCUT2D eigenvalue weighted by atomic mass is 19.1. The number of halogens is 2. The highest BCUT2D eigenvalue weighted by molar-refractivity contribution is 5.52. The molecule has 0 saturated carbocycles. The Morgan fingerprint density at radius 2 is 2.06 bits per heavy atom. The highest BCUT2D eigenvalue weighted by Crippen LogP contribution is 2.28. The lowest BCUT2D eigenvalue weighted by Gasteiger charge is -2.21. The van der Waals surface area contributed by atoms with Gasteiger partial charge in [0.25, 0.3) is 0 Å². The number of anilines is 1. The fourth-order valence-electron chi connectivity index (χ4n) is 2.50. The predicted molar refractivity (Wildman–Crippen MR) is 70.0 cm³/mol. The molecule has 0 aliphatic carbocycles. The van der Waals surface area contributed by atoms with E-state index in [9.17, 15) is 8.78 Å². The average Bonchev–Trinajstić information content (AvgIpc) is 2.71. The van der Waals surface area contributed by atoms with Crippen LogP contribution in [0.1, 0.15) is 25.8 Å². The Bertz CT molecular complexity index is 432. The lowest BCUT2D eigenvalue weighted by Crippen LogP contribution is -2.37. The zero-order valence-corrected chi connectivity index (χ0v) is 11.1. The van der Waals surface area contributed by atoms with Gasteiger partial charge in [0.05, 0.1) is 0 Å². The summed E-state index contributed by atoms with van der Waals surface area (Å²) >= 11 is 0. The maximum Gasteiger partial charge on any atom is 0.152 e. The molecular formula is C14H20F2N2. The molecule has 4 heteroatoms. The molecule has 18 heavy (non-hydrogen) atoms. The minimum Gasteiger partial charge on any atom is -0.365 e. The van der Waals surface area contributed by atoms with Gasteiger partial charge in [0.15, 0.2) is 5.82 Å². The zero-order chi connectivity index (χ0) is 13.3. The quantitative estimate of drug-likeness (QED) is 0.892. The van der Waals surface area contributed by atoms with Gasteiger partial charge in [-0.25, -0.2) is 8.78 Å². The van der Waals surface area contributed by atoms with Crippen LogP contribution in [0, 0.1) is 18.6 Å². The summed E-state index contributed by atoms with van der Waals surface area (Å²) in [7, 11) is 0. The molecule has 1 aromatic carbocycles. The van der Waals surface area contributed by atoms with Gasteiger partial charge in [-0.2, -0.15) is 0 Å². The third-order valence-electron chi connectivity index (χ3n) is 3.33. The lowest BCUT2D eigenvalue weighted by molar-refractivity contribution is 0.491. The first-order chi connectivity index (χ1) is 8.49. The summed E-state index contributed by atoms with van der Waals surface area (Å²) in [5, 5.41) is 3.41. The summed E-state index contributed by atoms with van der Waals surface area (Å²) < 4.78 is 27.8. The predicted octanol–water partition coefficient (Wildman–Crippen LogP) is 2.85. The first-order valence-electron chi connectivity index (χ1n) is 6.44. The molecule has 0 aromatic heterocycles. The van der Waals surface area contributed by atoms with Crippen LogP contribution in [-0.2, 0) is 0 Å². The summed E-state index contributed by atoms with van der Waals surface area (Å²) in [5.74, 6) is -0.900. The molecule has 2 nitrogen and oxygen atoms in total. The second-order valence-electron chi connectivity index (χ2n) is 5.28. The number of rotatable bonds is 3. The van der Waals surface area contributed by atoms with E-state index in [-0.39, 0.29) is 5.69 Å². The molecule has 1 aliphatic heterocycles. The van der Waals surface area contributed by atoms with Crippen LogP contribution in [0.3, 0.4) is 0 Å². The molecule has 1 saturated heterocycles. The van der Waals surface area contributed by atoms with Crippen molar-refractivity contribution in [3.05, 3.63) is 29.3 Å². The van der Waals surface area contributed by atoms with Crippen molar-refractivity contribution < 1.29 is 8.78 Å². The second kappa shape index (κ2) is 5.22. The van der Waals surface area contributed by atoms with Crippen LogP contribution in [0.2, 0.25) is 0 Å². The Labute approximate surface area is 107 Å². The molecule has 1 atom stereocenters. The summed E-state index contributed by atoms with van der Waals surface area (Å²) in [4.78, 5) is 1.80. The van der Waals surface area contributed by atoms with Crippen molar-refractivity contribution in [3.8, 4) is 0 Å². The van der Waals surface area contributed by atoms with Crippen LogP contribution in [0.5, 0.6) is 0 Å². The van der Waals surface area contributed by atoms with Crippen LogP contribution >= 0.6 is 0 Å². The van der Waals surface area contributed by atoms with E-state index in [0.717, 1.165) is 6.42 Å². The number of hydrogen-bond acceptors (Lipinski definition) is 2. The fourth-order valence-corrected chi connectivity index (χ4v) is 2.50. The van der Waals surface area contributed by atoms with Gasteiger partial charge in [-0.3, -0.25) is 0 Å². The fraction of sp³-hybridized carbons (Fsp3) is 0.571. The first kappa shape index (κ1) is 13.3. The zero-order valence-electron chi connectivity index (χ0n) is 11.1. The Kier molecular flexibility index (Phi) is 3.85. The van der Waals surface area contributed by atoms with Crippen molar-refractivity contribution in [3.63, 3.8) is 0 Å². The van der Waals surface area contributed by atoms with Gasteiger partial charge in [0.1, 0.15) is 11.5 Å². The molecule has 1 heterocycles. The molecule has 1 aromatic rings. The van der Waals surface area contributed by atoms with E-state index in [2.05, 4.69) is 19.2 Å². The molecule has 0 radical (unpaired) electrons. The maximum atomic E-state index is 14.0. The van der Waals surface area contributed by atoms with Crippen LogP contribution in [0.25, 0.3) is 0 Å². The molecule has 1 fully saturated rings. The van der Waals surface area contributed by atoms with Gasteiger partial charge in [0, 0.05) is 25.2 Å². The van der Waals surface area contributed by atoms with Crippen LogP contribution in [0.4, 0.5) is 14.5 Å². The van der Waals surface area contributed by atoms with Gasteiger partial charge in [-0.05, 0) is 25.0 Å². The molecule has 100 valence electrons. The Morgan fingerprint density at radius 3 is 2.72 bits per heavy atom. The summed E-state index contributed by atoms with van der Waals surface area (Å²) in [5.41, 5.74) is 0.620. The molecule has 0 bridgehead atoms. The number of aryl methyl sites for hydroxylation is 1. The van der Waals surface area contributed by atoms with E-state index in [1.807, 2.05) is 0 Å². The largest absolute Gasteiger partial charge is 0.365 e. The molecule has 1 unspecified atom stereocenters. The molecule has 0 spiro atoms. The van der Waals surface area contributed by atoms with Crippen LogP contribution in [0.15, 0.2) is 12.1 Å². The highest BCUT2D eigenvalue weighted by Gasteiger charge is 2.27. The van der Waals surface area contributed by atoms with E-state index in [1.54, 1.807) is 11.8 Å². The smallest absolute Gasteiger partial charge is 0.152 e. The van der Waals surface area contributed by atoms with Crippen LogP contribution < -0.4 is 10.2 Å². The Hall–Kier alpha value is -1.16. The number of nitrogens with one attached hydrogen (secondary N) is 1. The monoisotopic (exact) mass is 254 g/mol. The normalized spacial score (nSPS) is 19.9. The average molecular weight is 254 g/mol. The van der Waals surface area contributed by atoms with E-state index >= 15 is 0 Å². The lowest BCUT2D eigenvalue weighted by atomic mass is 10.2. The van der Waals surface area contributed by atoms with E-state index in [1.165, 1.54) is 12.1 Å². The molecule has 0 amide bonds. The van der Waals surface area contributed by atoms with E-state index < -0.39 is 11.6 Å². The number of nitrogens with zero attached hydrogens (tertiary/aromatic N) is 1. The third kappa shape index (κ3) is 2.64. The number of benzene rings is 1. The molecular weight excluding hydrogens is 234 g/mol. The Balaban J connectivity index is 2.17. The topological polar surface area (TPSA) is 15.3 Å². The van der Waals surface area contributed by atoms with Crippen molar-refractivity contribution >= 4 is 5.69 Å². The standard InChI is InChI=1S/C14H20F2N2/c1-9(2)17-11-6-7-18(8-11)14-12(15)5-4-10(3)13(14)16/h4-5,9,11,17H,6-8H2,1-3H3. The van der Waals surface area contributed by atoms with Crippen molar-refractivity contribution in [2.45, 2.75) is 39.3 Å². The van der Waals surface area contributed by atoms with Crippen LogP contribution in [-0.4, -0.2) is 25.2 Å². The van der Waals surface area contributed by atoms with E-state index in [0.29, 0.717) is 30.7 Å².